The van der Waals surface area contributed by atoms with Gasteiger partial charge in [-0.25, -0.2) is 18.1 Å². The van der Waals surface area contributed by atoms with Crippen molar-refractivity contribution in [2.45, 2.75) is 37.4 Å². The zero-order chi connectivity index (χ0) is 22.0. The van der Waals surface area contributed by atoms with Gasteiger partial charge in [0.05, 0.1) is 12.4 Å². The molecular formula is C9H19FN3O12P3. The summed E-state index contributed by atoms with van der Waals surface area (Å²) in [5.41, 5.74) is 2.62. The predicted octanol–water partition coefficient (Wildman–Crippen LogP) is -0.459. The van der Waals surface area contributed by atoms with Crippen LogP contribution < -0.4 is 5.73 Å². The lowest BCUT2D eigenvalue weighted by Crippen LogP contribution is -2.41. The number of halogens is 1. The number of hydrogen-bond donors (Lipinski definition) is 7. The van der Waals surface area contributed by atoms with Crippen LogP contribution in [0, 0.1) is 5.41 Å². The van der Waals surface area contributed by atoms with Crippen molar-refractivity contribution in [2.24, 2.45) is 10.7 Å². The quantitative estimate of drug-likeness (QED) is 0.121. The number of aliphatic hydroxyl groups is 1. The number of nitrogens with one attached hydrogen (secondary N) is 1. The van der Waals surface area contributed by atoms with Gasteiger partial charge in [0.15, 0.2) is 11.9 Å². The molecule has 0 aliphatic carbocycles. The smallest absolute Gasteiger partial charge is 0.387 e. The molecule has 8 N–H and O–H groups in total. The van der Waals surface area contributed by atoms with Crippen molar-refractivity contribution in [2.75, 3.05) is 6.61 Å². The zero-order valence-electron chi connectivity index (χ0n) is 14.1. The van der Waals surface area contributed by atoms with E-state index in [0.717, 1.165) is 13.1 Å². The Bertz CT molecular complexity index is 756. The first kappa shape index (κ1) is 25.4. The number of rotatable bonds is 10. The maximum absolute atomic E-state index is 14.5. The second-order valence-electron chi connectivity index (χ2n) is 5.57. The molecule has 0 radical (unpaired) electrons. The van der Waals surface area contributed by atoms with Gasteiger partial charge in [0.2, 0.25) is 0 Å². The second kappa shape index (κ2) is 9.04. The van der Waals surface area contributed by atoms with E-state index in [-0.39, 0.29) is 12.3 Å². The standard InChI is InChI=1S/C9H19FN3O12P3/c1-9(10)7(14)5(23-8(9)13-3-2-6(11)12)4-22-27(18,19)25-28(20,21)24-26(15,16)17/h3,5,7-8,14H,2,4H2,1H3,(H3,11,12)(H,18,19)(H,20,21)(H2,15,16,17). The minimum atomic E-state index is -5.71. The Balaban J connectivity index is 2.74. The number of hydrogen-bond acceptors (Lipinski definition) is 10. The number of nitrogens with zero attached hydrogens (tertiary/aromatic N) is 1. The van der Waals surface area contributed by atoms with Crippen LogP contribution in [0.1, 0.15) is 13.3 Å². The lowest BCUT2D eigenvalue weighted by Gasteiger charge is -2.21. The summed E-state index contributed by atoms with van der Waals surface area (Å²) in [6, 6.07) is 0. The lowest BCUT2D eigenvalue weighted by molar-refractivity contribution is -0.0188. The first-order valence-corrected chi connectivity index (χ1v) is 11.6. The van der Waals surface area contributed by atoms with Gasteiger partial charge in [0.25, 0.3) is 0 Å². The Morgan fingerprint density at radius 1 is 1.29 bits per heavy atom. The summed E-state index contributed by atoms with van der Waals surface area (Å²) in [6.07, 6.45) is -4.16. The van der Waals surface area contributed by atoms with Crippen LogP contribution in [0.2, 0.25) is 0 Å². The van der Waals surface area contributed by atoms with Crippen molar-refractivity contribution >= 4 is 35.5 Å². The highest BCUT2D eigenvalue weighted by Crippen LogP contribution is 2.66. The van der Waals surface area contributed by atoms with Gasteiger partial charge in [0.1, 0.15) is 12.2 Å². The lowest BCUT2D eigenvalue weighted by atomic mass is 9.99. The normalized spacial score (nSPS) is 32.9. The molecule has 0 spiro atoms. The SMILES string of the molecule is CC1(F)C(N=CCC(=N)N)OC(COP(=O)(O)OP(=O)(O)OP(=O)(O)O)C1O. The molecule has 1 heterocycles. The largest absolute Gasteiger partial charge is 0.490 e. The molecule has 19 heteroatoms. The van der Waals surface area contributed by atoms with E-state index in [2.05, 4.69) is 18.1 Å². The number of alkyl halides is 1. The number of phosphoric acid groups is 3. The molecule has 0 amide bonds. The fraction of sp³-hybridized carbons (Fsp3) is 0.778. The van der Waals surface area contributed by atoms with E-state index in [1.165, 1.54) is 0 Å². The van der Waals surface area contributed by atoms with Crippen LogP contribution in [0.5, 0.6) is 0 Å². The van der Waals surface area contributed by atoms with Crippen LogP contribution in [0.4, 0.5) is 4.39 Å². The molecule has 0 aromatic heterocycles. The molecule has 28 heavy (non-hydrogen) atoms. The molecule has 1 saturated heterocycles. The number of nitrogens with two attached hydrogens (primary N) is 1. The number of ether oxygens (including phenoxy) is 1. The Hall–Kier alpha value is -0.600. The number of phosphoric ester groups is 1. The van der Waals surface area contributed by atoms with Gasteiger partial charge in [-0.3, -0.25) is 14.9 Å². The third kappa shape index (κ3) is 8.03. The first-order valence-electron chi connectivity index (χ1n) is 7.10. The zero-order valence-corrected chi connectivity index (χ0v) is 16.7. The fourth-order valence-electron chi connectivity index (χ4n) is 1.91. The molecule has 6 atom stereocenters. The van der Waals surface area contributed by atoms with Gasteiger partial charge >= 0.3 is 23.5 Å². The number of aliphatic hydroxyl groups excluding tert-OH is 1. The van der Waals surface area contributed by atoms with Crippen molar-refractivity contribution < 1.29 is 60.6 Å². The molecule has 0 aromatic rings. The summed E-state index contributed by atoms with van der Waals surface area (Å²) in [4.78, 5) is 38.8. The molecule has 1 rings (SSSR count). The van der Waals surface area contributed by atoms with Crippen LogP contribution in [-0.2, 0) is 31.6 Å². The summed E-state index contributed by atoms with van der Waals surface area (Å²) >= 11 is 0. The number of aliphatic imine (C=N–C) groups is 1. The van der Waals surface area contributed by atoms with Gasteiger partial charge < -0.3 is 35.2 Å². The summed E-state index contributed by atoms with van der Waals surface area (Å²) in [5.74, 6) is -0.271. The number of amidine groups is 1. The molecule has 0 bridgehead atoms. The van der Waals surface area contributed by atoms with E-state index < -0.39 is 54.2 Å². The molecule has 6 unspecified atom stereocenters. The topological polar surface area (TPSA) is 252 Å². The van der Waals surface area contributed by atoms with E-state index in [0.29, 0.717) is 0 Å². The molecule has 15 nitrogen and oxygen atoms in total. The second-order valence-corrected chi connectivity index (χ2v) is 9.99. The average Bonchev–Trinajstić information content (AvgIpc) is 2.64. The monoisotopic (exact) mass is 473 g/mol. The van der Waals surface area contributed by atoms with Crippen LogP contribution in [-0.4, -0.2) is 67.4 Å². The summed E-state index contributed by atoms with van der Waals surface area (Å²) in [5, 5.41) is 16.9. The van der Waals surface area contributed by atoms with Gasteiger partial charge in [0, 0.05) is 12.6 Å². The van der Waals surface area contributed by atoms with E-state index in [1.54, 1.807) is 0 Å². The van der Waals surface area contributed by atoms with E-state index in [9.17, 15) is 28.1 Å². The van der Waals surface area contributed by atoms with Gasteiger partial charge in [-0.2, -0.15) is 8.62 Å². The van der Waals surface area contributed by atoms with Crippen molar-refractivity contribution in [3.63, 3.8) is 0 Å². The Labute approximate surface area is 157 Å². The highest BCUT2D eigenvalue weighted by atomic mass is 31.3. The molecule has 1 fully saturated rings. The molecule has 1 aliphatic heterocycles. The van der Waals surface area contributed by atoms with Gasteiger partial charge in [-0.15, -0.1) is 0 Å². The van der Waals surface area contributed by atoms with E-state index in [4.69, 9.17) is 30.6 Å². The van der Waals surface area contributed by atoms with Crippen molar-refractivity contribution in [3.8, 4) is 0 Å². The third-order valence-electron chi connectivity index (χ3n) is 3.09. The van der Waals surface area contributed by atoms with Gasteiger partial charge in [-0.05, 0) is 6.92 Å². The maximum Gasteiger partial charge on any atom is 0.490 e. The van der Waals surface area contributed by atoms with Crippen LogP contribution in [0.25, 0.3) is 0 Å². The van der Waals surface area contributed by atoms with Crippen LogP contribution in [0.3, 0.4) is 0 Å². The molecular weight excluding hydrogens is 454 g/mol. The van der Waals surface area contributed by atoms with Crippen LogP contribution in [0.15, 0.2) is 4.99 Å². The third-order valence-corrected chi connectivity index (χ3v) is 6.89. The minimum Gasteiger partial charge on any atom is -0.387 e. The highest BCUT2D eigenvalue weighted by Gasteiger charge is 2.54. The predicted molar refractivity (Wildman–Crippen MR) is 89.0 cm³/mol. The van der Waals surface area contributed by atoms with E-state index >= 15 is 0 Å². The first-order chi connectivity index (χ1) is 12.5. The summed E-state index contributed by atoms with van der Waals surface area (Å²) < 4.78 is 64.2. The minimum absolute atomic E-state index is 0.127. The fourth-order valence-corrected chi connectivity index (χ4v) is 4.94. The van der Waals surface area contributed by atoms with Crippen LogP contribution >= 0.6 is 23.5 Å². The Morgan fingerprint density at radius 3 is 2.36 bits per heavy atom. The van der Waals surface area contributed by atoms with Crippen molar-refractivity contribution in [1.29, 1.82) is 5.41 Å². The maximum atomic E-state index is 14.5. The molecule has 1 aliphatic rings. The van der Waals surface area contributed by atoms with E-state index in [1.807, 2.05) is 0 Å². The summed E-state index contributed by atoms with van der Waals surface area (Å²) in [6.45, 7) is -0.124. The molecule has 0 aromatic carbocycles. The molecule has 164 valence electrons. The van der Waals surface area contributed by atoms with Crippen molar-refractivity contribution in [1.82, 2.24) is 0 Å². The Kier molecular flexibility index (Phi) is 8.21. The average molecular weight is 473 g/mol. The summed E-state index contributed by atoms with van der Waals surface area (Å²) in [7, 11) is -16.7. The van der Waals surface area contributed by atoms with Gasteiger partial charge in [-0.1, -0.05) is 0 Å². The van der Waals surface area contributed by atoms with Crippen molar-refractivity contribution in [3.05, 3.63) is 0 Å². The Morgan fingerprint density at radius 2 is 1.86 bits per heavy atom. The highest BCUT2D eigenvalue weighted by molar-refractivity contribution is 7.66. The molecule has 0 saturated carbocycles.